The van der Waals surface area contributed by atoms with Crippen molar-refractivity contribution in [2.24, 2.45) is 0 Å². The molecule has 2 aliphatic heterocycles. The molecular weight excluding hydrogens is 278 g/mol. The van der Waals surface area contributed by atoms with Crippen molar-refractivity contribution in [2.75, 3.05) is 25.0 Å². The molecule has 0 bridgehead atoms. The second-order valence-electron chi connectivity index (χ2n) is 6.13. The molecule has 5 heteroatoms. The Bertz CT molecular complexity index is 579. The summed E-state index contributed by atoms with van der Waals surface area (Å²) >= 11 is 0. The van der Waals surface area contributed by atoms with Crippen molar-refractivity contribution in [3.63, 3.8) is 0 Å². The Morgan fingerprint density at radius 2 is 2.00 bits per heavy atom. The first-order valence-corrected chi connectivity index (χ1v) is 8.11. The summed E-state index contributed by atoms with van der Waals surface area (Å²) in [5.41, 5.74) is 2.90. The molecule has 2 amide bonds. The van der Waals surface area contributed by atoms with Crippen LogP contribution in [0.5, 0.6) is 0 Å². The Labute approximate surface area is 131 Å². The summed E-state index contributed by atoms with van der Waals surface area (Å²) in [7, 11) is 0. The summed E-state index contributed by atoms with van der Waals surface area (Å²) in [6, 6.07) is 5.19. The van der Waals surface area contributed by atoms with Gasteiger partial charge in [-0.1, -0.05) is 0 Å². The largest absolute Gasteiger partial charge is 0.384 e. The molecule has 0 aliphatic carbocycles. The highest BCUT2D eigenvalue weighted by atomic mass is 16.2. The topological polar surface area (TPSA) is 61.4 Å². The van der Waals surface area contributed by atoms with Crippen LogP contribution in [0.3, 0.4) is 0 Å². The van der Waals surface area contributed by atoms with Crippen LogP contribution >= 0.6 is 0 Å². The number of carbonyl (C=O) groups excluding carboxylic acids is 2. The minimum Gasteiger partial charge on any atom is -0.384 e. The van der Waals surface area contributed by atoms with E-state index in [1.807, 2.05) is 23.1 Å². The Morgan fingerprint density at radius 3 is 2.77 bits per heavy atom. The molecule has 0 saturated carbocycles. The number of anilines is 1. The summed E-state index contributed by atoms with van der Waals surface area (Å²) in [6.45, 7) is 4.31. The molecule has 0 spiro atoms. The van der Waals surface area contributed by atoms with E-state index in [0.29, 0.717) is 5.56 Å². The molecule has 1 aromatic carbocycles. The Balaban J connectivity index is 1.62. The van der Waals surface area contributed by atoms with Gasteiger partial charge >= 0.3 is 0 Å². The van der Waals surface area contributed by atoms with E-state index >= 15 is 0 Å². The van der Waals surface area contributed by atoms with Crippen LogP contribution in [-0.4, -0.2) is 42.4 Å². The predicted molar refractivity (Wildman–Crippen MR) is 86.0 cm³/mol. The van der Waals surface area contributed by atoms with Gasteiger partial charge in [0.1, 0.15) is 6.04 Å². The van der Waals surface area contributed by atoms with Crippen LogP contribution in [0.15, 0.2) is 18.2 Å². The van der Waals surface area contributed by atoms with Gasteiger partial charge in [-0.15, -0.1) is 0 Å². The van der Waals surface area contributed by atoms with Gasteiger partial charge in [-0.3, -0.25) is 9.59 Å². The molecule has 118 valence electrons. The normalized spacial score (nSPS) is 18.3. The van der Waals surface area contributed by atoms with Crippen molar-refractivity contribution >= 4 is 17.5 Å². The highest BCUT2D eigenvalue weighted by molar-refractivity contribution is 5.98. The lowest BCUT2D eigenvalue weighted by Crippen LogP contribution is -2.48. The van der Waals surface area contributed by atoms with Gasteiger partial charge < -0.3 is 15.5 Å². The number of amides is 2. The van der Waals surface area contributed by atoms with E-state index in [1.165, 1.54) is 12.0 Å². The lowest BCUT2D eigenvalue weighted by atomic mass is 10.1. The lowest BCUT2D eigenvalue weighted by Gasteiger charge is -2.29. The van der Waals surface area contributed by atoms with Crippen LogP contribution in [0.25, 0.3) is 0 Å². The van der Waals surface area contributed by atoms with Gasteiger partial charge in [0.25, 0.3) is 5.91 Å². The molecule has 2 aliphatic rings. The first-order valence-electron chi connectivity index (χ1n) is 8.11. The van der Waals surface area contributed by atoms with Crippen LogP contribution in [0, 0.1) is 0 Å². The lowest BCUT2D eigenvalue weighted by molar-refractivity contribution is -0.133. The molecule has 1 fully saturated rings. The van der Waals surface area contributed by atoms with Crippen molar-refractivity contribution < 1.29 is 9.59 Å². The molecule has 1 atom stereocenters. The quantitative estimate of drug-likeness (QED) is 0.894. The Hall–Kier alpha value is -2.04. The monoisotopic (exact) mass is 301 g/mol. The SMILES string of the molecule is CC(NC(=O)c1ccc2c(c1)CCN2)C(=O)N1CCCCC1. The number of fused-ring (bicyclic) bond motifs is 1. The van der Waals surface area contributed by atoms with Gasteiger partial charge in [0.15, 0.2) is 0 Å². The van der Waals surface area contributed by atoms with Crippen molar-refractivity contribution in [1.82, 2.24) is 10.2 Å². The molecule has 3 rings (SSSR count). The summed E-state index contributed by atoms with van der Waals surface area (Å²) < 4.78 is 0. The van der Waals surface area contributed by atoms with E-state index in [1.54, 1.807) is 6.92 Å². The number of rotatable bonds is 3. The summed E-state index contributed by atoms with van der Waals surface area (Å²) in [4.78, 5) is 26.6. The minimum atomic E-state index is -0.475. The highest BCUT2D eigenvalue weighted by Crippen LogP contribution is 2.23. The number of nitrogens with zero attached hydrogens (tertiary/aromatic N) is 1. The maximum absolute atomic E-state index is 12.4. The van der Waals surface area contributed by atoms with Crippen LogP contribution in [0.4, 0.5) is 5.69 Å². The molecule has 22 heavy (non-hydrogen) atoms. The van der Waals surface area contributed by atoms with Crippen LogP contribution in [0.2, 0.25) is 0 Å². The molecule has 0 aromatic heterocycles. The fraction of sp³-hybridized carbons (Fsp3) is 0.529. The second-order valence-corrected chi connectivity index (χ2v) is 6.13. The first-order chi connectivity index (χ1) is 10.6. The first kappa shape index (κ1) is 14.9. The fourth-order valence-corrected chi connectivity index (χ4v) is 3.18. The summed E-state index contributed by atoms with van der Waals surface area (Å²) in [6.07, 6.45) is 4.25. The molecule has 1 aromatic rings. The maximum atomic E-state index is 12.4. The summed E-state index contributed by atoms with van der Waals surface area (Å²) in [5, 5.41) is 6.11. The maximum Gasteiger partial charge on any atom is 0.251 e. The molecule has 2 heterocycles. The van der Waals surface area contributed by atoms with Gasteiger partial charge in [-0.2, -0.15) is 0 Å². The van der Waals surface area contributed by atoms with Gasteiger partial charge in [-0.25, -0.2) is 0 Å². The van der Waals surface area contributed by atoms with Crippen molar-refractivity contribution in [3.05, 3.63) is 29.3 Å². The third-order valence-electron chi connectivity index (χ3n) is 4.46. The highest BCUT2D eigenvalue weighted by Gasteiger charge is 2.24. The van der Waals surface area contributed by atoms with Crippen molar-refractivity contribution in [2.45, 2.75) is 38.6 Å². The number of piperidine rings is 1. The average molecular weight is 301 g/mol. The molecule has 1 unspecified atom stereocenters. The van der Waals surface area contributed by atoms with E-state index in [-0.39, 0.29) is 11.8 Å². The van der Waals surface area contributed by atoms with E-state index in [4.69, 9.17) is 0 Å². The number of likely N-dealkylation sites (tertiary alicyclic amines) is 1. The number of nitrogens with one attached hydrogen (secondary N) is 2. The fourth-order valence-electron chi connectivity index (χ4n) is 3.18. The minimum absolute atomic E-state index is 0.0240. The number of hydrogen-bond donors (Lipinski definition) is 2. The van der Waals surface area contributed by atoms with Gasteiger partial charge in [-0.05, 0) is 56.4 Å². The average Bonchev–Trinajstić information content (AvgIpc) is 3.02. The van der Waals surface area contributed by atoms with Crippen molar-refractivity contribution in [3.8, 4) is 0 Å². The van der Waals surface area contributed by atoms with Gasteiger partial charge in [0, 0.05) is 30.9 Å². The molecule has 0 radical (unpaired) electrons. The van der Waals surface area contributed by atoms with E-state index in [0.717, 1.165) is 44.6 Å². The smallest absolute Gasteiger partial charge is 0.251 e. The van der Waals surface area contributed by atoms with Gasteiger partial charge in [0.2, 0.25) is 5.91 Å². The molecule has 2 N–H and O–H groups in total. The number of carbonyl (C=O) groups is 2. The molecule has 1 saturated heterocycles. The number of hydrogen-bond acceptors (Lipinski definition) is 3. The predicted octanol–water partition coefficient (Wildman–Crippen LogP) is 1.79. The van der Waals surface area contributed by atoms with E-state index in [2.05, 4.69) is 10.6 Å². The van der Waals surface area contributed by atoms with Crippen LogP contribution in [0.1, 0.15) is 42.1 Å². The van der Waals surface area contributed by atoms with Crippen molar-refractivity contribution in [1.29, 1.82) is 0 Å². The van der Waals surface area contributed by atoms with E-state index in [9.17, 15) is 9.59 Å². The second kappa shape index (κ2) is 6.38. The van der Waals surface area contributed by atoms with Crippen LogP contribution < -0.4 is 10.6 Å². The summed E-state index contributed by atoms with van der Waals surface area (Å²) in [5.74, 6) is -0.150. The number of benzene rings is 1. The van der Waals surface area contributed by atoms with E-state index < -0.39 is 6.04 Å². The Kier molecular flexibility index (Phi) is 4.32. The third-order valence-corrected chi connectivity index (χ3v) is 4.46. The zero-order chi connectivity index (χ0) is 15.5. The van der Waals surface area contributed by atoms with Gasteiger partial charge in [0.05, 0.1) is 0 Å². The standard InChI is InChI=1S/C17H23N3O2/c1-12(17(22)20-9-3-2-4-10-20)19-16(21)14-5-6-15-13(11-14)7-8-18-15/h5-6,11-12,18H,2-4,7-10H2,1H3,(H,19,21). The third kappa shape index (κ3) is 3.08. The zero-order valence-electron chi connectivity index (χ0n) is 13.0. The molecule has 5 nitrogen and oxygen atoms in total. The Morgan fingerprint density at radius 1 is 1.23 bits per heavy atom. The van der Waals surface area contributed by atoms with Crippen LogP contribution in [-0.2, 0) is 11.2 Å². The zero-order valence-corrected chi connectivity index (χ0v) is 13.0. The molecular formula is C17H23N3O2.